The van der Waals surface area contributed by atoms with Crippen LogP contribution in [-0.4, -0.2) is 50.0 Å². The van der Waals surface area contributed by atoms with Gasteiger partial charge >= 0.3 is 0 Å². The summed E-state index contributed by atoms with van der Waals surface area (Å²) in [6.07, 6.45) is 8.04. The molecule has 20 heavy (non-hydrogen) atoms. The van der Waals surface area contributed by atoms with Crippen LogP contribution in [0.4, 0.5) is 0 Å². The Morgan fingerprint density at radius 1 is 1.55 bits per heavy atom. The monoisotopic (exact) mass is 295 g/mol. The summed E-state index contributed by atoms with van der Waals surface area (Å²) in [5, 5.41) is 11.9. The average molecular weight is 295 g/mol. The fraction of sp³-hybridized carbons (Fsp3) is 0.500. The number of aryl methyl sites for hydroxylation is 1. The van der Waals surface area contributed by atoms with Crippen molar-refractivity contribution in [2.75, 3.05) is 12.8 Å². The van der Waals surface area contributed by atoms with Gasteiger partial charge in [-0.25, -0.2) is 4.68 Å². The SMILES string of the molecule is CN(C(=O)CCCSc1nnnn1C)C1C=CC=CO1. The number of allylic oxidation sites excluding steroid dienone is 2. The normalized spacial score (nSPS) is 17.0. The topological polar surface area (TPSA) is 73.1 Å². The summed E-state index contributed by atoms with van der Waals surface area (Å²) >= 11 is 1.54. The number of hydrogen-bond donors (Lipinski definition) is 0. The van der Waals surface area contributed by atoms with E-state index in [4.69, 9.17) is 4.74 Å². The van der Waals surface area contributed by atoms with Gasteiger partial charge in [0.15, 0.2) is 6.23 Å². The number of ether oxygens (including phenoxy) is 1. The molecule has 1 aliphatic rings. The van der Waals surface area contributed by atoms with E-state index in [1.807, 2.05) is 12.2 Å². The van der Waals surface area contributed by atoms with Crippen molar-refractivity contribution < 1.29 is 9.53 Å². The second-order valence-corrected chi connectivity index (χ2v) is 5.34. The van der Waals surface area contributed by atoms with Gasteiger partial charge in [0.2, 0.25) is 11.1 Å². The lowest BCUT2D eigenvalue weighted by atomic mass is 10.3. The number of tetrazole rings is 1. The predicted molar refractivity (Wildman–Crippen MR) is 74.7 cm³/mol. The van der Waals surface area contributed by atoms with E-state index in [9.17, 15) is 4.79 Å². The third-order valence-corrected chi connectivity index (χ3v) is 3.90. The molecule has 0 spiro atoms. The Bertz CT molecular complexity index is 514. The zero-order chi connectivity index (χ0) is 14.4. The van der Waals surface area contributed by atoms with Gasteiger partial charge in [0.1, 0.15) is 0 Å². The number of nitrogens with zero attached hydrogens (tertiary/aromatic N) is 5. The van der Waals surface area contributed by atoms with Gasteiger partial charge < -0.3 is 9.64 Å². The molecule has 0 saturated heterocycles. The molecule has 2 heterocycles. The minimum absolute atomic E-state index is 0.0617. The van der Waals surface area contributed by atoms with Crippen LogP contribution in [0.3, 0.4) is 0 Å². The van der Waals surface area contributed by atoms with Crippen molar-refractivity contribution in [3.8, 4) is 0 Å². The summed E-state index contributed by atoms with van der Waals surface area (Å²) in [5.74, 6) is 0.862. The Hall–Kier alpha value is -1.83. The fourth-order valence-electron chi connectivity index (χ4n) is 1.64. The predicted octanol–water partition coefficient (Wildman–Crippen LogP) is 0.967. The molecule has 0 aromatic carbocycles. The van der Waals surface area contributed by atoms with Gasteiger partial charge in [-0.2, -0.15) is 0 Å². The molecule has 1 unspecified atom stereocenters. The smallest absolute Gasteiger partial charge is 0.225 e. The number of likely N-dealkylation sites (N-methyl/N-ethyl adjacent to an activating group) is 1. The molecule has 108 valence electrons. The van der Waals surface area contributed by atoms with Crippen LogP contribution in [0.2, 0.25) is 0 Å². The van der Waals surface area contributed by atoms with E-state index in [-0.39, 0.29) is 12.1 Å². The lowest BCUT2D eigenvalue weighted by Gasteiger charge is -2.26. The molecule has 1 aromatic rings. The van der Waals surface area contributed by atoms with Crippen LogP contribution >= 0.6 is 11.8 Å². The van der Waals surface area contributed by atoms with Crippen molar-refractivity contribution in [3.63, 3.8) is 0 Å². The molecule has 2 rings (SSSR count). The van der Waals surface area contributed by atoms with Gasteiger partial charge in [0.25, 0.3) is 0 Å². The van der Waals surface area contributed by atoms with Crippen LogP contribution in [0.1, 0.15) is 12.8 Å². The van der Waals surface area contributed by atoms with Crippen LogP contribution in [0.25, 0.3) is 0 Å². The molecule has 1 aromatic heterocycles. The minimum atomic E-state index is -0.303. The van der Waals surface area contributed by atoms with E-state index >= 15 is 0 Å². The first-order valence-corrected chi connectivity index (χ1v) is 7.26. The van der Waals surface area contributed by atoms with Crippen LogP contribution in [0.15, 0.2) is 29.6 Å². The van der Waals surface area contributed by atoms with Gasteiger partial charge in [-0.05, 0) is 29.0 Å². The maximum Gasteiger partial charge on any atom is 0.225 e. The lowest BCUT2D eigenvalue weighted by molar-refractivity contribution is -0.136. The maximum absolute atomic E-state index is 12.0. The van der Waals surface area contributed by atoms with Crippen molar-refractivity contribution in [3.05, 3.63) is 24.5 Å². The standard InChI is InChI=1S/C12H17N5O2S/c1-16(11-7-3-4-8-19-11)10(18)6-5-9-20-12-13-14-15-17(12)2/h3-4,7-8,11H,5-6,9H2,1-2H3. The first-order valence-electron chi connectivity index (χ1n) is 6.28. The van der Waals surface area contributed by atoms with Crippen LogP contribution in [0.5, 0.6) is 0 Å². The number of amides is 1. The molecule has 0 fully saturated rings. The van der Waals surface area contributed by atoms with E-state index in [2.05, 4.69) is 15.5 Å². The molecule has 8 heteroatoms. The molecular weight excluding hydrogens is 278 g/mol. The highest BCUT2D eigenvalue weighted by atomic mass is 32.2. The second kappa shape index (κ2) is 7.09. The van der Waals surface area contributed by atoms with Crippen LogP contribution in [0, 0.1) is 0 Å². The highest BCUT2D eigenvalue weighted by molar-refractivity contribution is 7.99. The van der Waals surface area contributed by atoms with E-state index < -0.39 is 0 Å². The fourth-order valence-corrected chi connectivity index (χ4v) is 2.43. The third-order valence-electron chi connectivity index (χ3n) is 2.81. The molecule has 0 radical (unpaired) electrons. The summed E-state index contributed by atoms with van der Waals surface area (Å²) in [5.41, 5.74) is 0. The van der Waals surface area contributed by atoms with Crippen molar-refractivity contribution in [2.45, 2.75) is 24.2 Å². The highest BCUT2D eigenvalue weighted by Crippen LogP contribution is 2.15. The number of carbonyl (C=O) groups excluding carboxylic acids is 1. The molecule has 1 aliphatic heterocycles. The van der Waals surface area contributed by atoms with E-state index in [1.54, 1.807) is 47.8 Å². The first-order chi connectivity index (χ1) is 9.68. The quantitative estimate of drug-likeness (QED) is 0.575. The van der Waals surface area contributed by atoms with Crippen molar-refractivity contribution in [2.24, 2.45) is 7.05 Å². The number of carbonyl (C=O) groups is 1. The summed E-state index contributed by atoms with van der Waals surface area (Å²) < 4.78 is 6.96. The number of thioether (sulfide) groups is 1. The Labute approximate surface area is 121 Å². The molecule has 1 amide bonds. The van der Waals surface area contributed by atoms with E-state index in [1.165, 1.54) is 0 Å². The minimum Gasteiger partial charge on any atom is -0.474 e. The zero-order valence-electron chi connectivity index (χ0n) is 11.5. The lowest BCUT2D eigenvalue weighted by Crippen LogP contribution is -2.37. The van der Waals surface area contributed by atoms with Crippen molar-refractivity contribution in [1.82, 2.24) is 25.1 Å². The third kappa shape index (κ3) is 3.83. The molecule has 0 saturated carbocycles. The van der Waals surface area contributed by atoms with Gasteiger partial charge in [0.05, 0.1) is 6.26 Å². The van der Waals surface area contributed by atoms with E-state index in [0.29, 0.717) is 6.42 Å². The summed E-state index contributed by atoms with van der Waals surface area (Å²) in [7, 11) is 3.54. The zero-order valence-corrected chi connectivity index (χ0v) is 12.3. The van der Waals surface area contributed by atoms with Crippen LogP contribution in [-0.2, 0) is 16.6 Å². The Balaban J connectivity index is 1.68. The molecule has 0 N–H and O–H groups in total. The molecule has 7 nitrogen and oxygen atoms in total. The Morgan fingerprint density at radius 3 is 3.05 bits per heavy atom. The molecule has 1 atom stereocenters. The second-order valence-electron chi connectivity index (χ2n) is 4.28. The molecule has 0 bridgehead atoms. The number of hydrogen-bond acceptors (Lipinski definition) is 6. The maximum atomic E-state index is 12.0. The van der Waals surface area contributed by atoms with Gasteiger partial charge in [-0.15, -0.1) is 5.10 Å². The van der Waals surface area contributed by atoms with Crippen LogP contribution < -0.4 is 0 Å². The first kappa shape index (κ1) is 14.6. The summed E-state index contributed by atoms with van der Waals surface area (Å²) in [4.78, 5) is 13.6. The number of aromatic nitrogens is 4. The molecule has 0 aliphatic carbocycles. The Kier molecular flexibility index (Phi) is 5.16. The molecular formula is C12H17N5O2S. The summed E-state index contributed by atoms with van der Waals surface area (Å²) in [6, 6.07) is 0. The summed E-state index contributed by atoms with van der Waals surface area (Å²) in [6.45, 7) is 0. The van der Waals surface area contributed by atoms with Crippen molar-refractivity contribution in [1.29, 1.82) is 0 Å². The van der Waals surface area contributed by atoms with Gasteiger partial charge in [-0.3, -0.25) is 4.79 Å². The average Bonchev–Trinajstić information content (AvgIpc) is 2.89. The Morgan fingerprint density at radius 2 is 2.40 bits per heavy atom. The number of rotatable bonds is 6. The van der Waals surface area contributed by atoms with E-state index in [0.717, 1.165) is 17.3 Å². The highest BCUT2D eigenvalue weighted by Gasteiger charge is 2.18. The van der Waals surface area contributed by atoms with Gasteiger partial charge in [-0.1, -0.05) is 17.8 Å². The largest absolute Gasteiger partial charge is 0.474 e. The van der Waals surface area contributed by atoms with Crippen molar-refractivity contribution >= 4 is 17.7 Å². The van der Waals surface area contributed by atoms with Gasteiger partial charge in [0, 0.05) is 26.3 Å².